The zero-order valence-corrected chi connectivity index (χ0v) is 19.6. The van der Waals surface area contributed by atoms with E-state index >= 15 is 0 Å². The Morgan fingerprint density at radius 2 is 2.06 bits per heavy atom. The smallest absolute Gasteiger partial charge is 0.261 e. The maximum absolute atomic E-state index is 13.2. The number of hydrogen-bond donors (Lipinski definition) is 2. The predicted octanol–water partition coefficient (Wildman–Crippen LogP) is 2.44. The number of aromatic nitrogens is 3. The molecule has 186 valence electrons. The molecule has 3 aromatic rings. The molecule has 35 heavy (non-hydrogen) atoms. The van der Waals surface area contributed by atoms with E-state index in [2.05, 4.69) is 20.3 Å². The Morgan fingerprint density at radius 3 is 2.77 bits per heavy atom. The molecule has 2 aliphatic heterocycles. The monoisotopic (exact) mass is 486 g/mol. The fourth-order valence-electron chi connectivity index (χ4n) is 4.58. The number of rotatable bonds is 6. The highest BCUT2D eigenvalue weighted by atomic mass is 19.3. The lowest BCUT2D eigenvalue weighted by molar-refractivity contribution is -0.0229. The van der Waals surface area contributed by atoms with Gasteiger partial charge in [0, 0.05) is 56.6 Å². The Kier molecular flexibility index (Phi) is 6.06. The fourth-order valence-corrected chi connectivity index (χ4v) is 4.58. The van der Waals surface area contributed by atoms with Crippen LogP contribution in [0.4, 0.5) is 20.2 Å². The van der Waals surface area contributed by atoms with Gasteiger partial charge in [-0.2, -0.15) is 5.10 Å². The van der Waals surface area contributed by atoms with E-state index in [0.717, 1.165) is 11.3 Å². The van der Waals surface area contributed by atoms with Crippen LogP contribution in [0.15, 0.2) is 36.8 Å². The number of ether oxygens (including phenoxy) is 1. The molecule has 1 fully saturated rings. The molecular weight excluding hydrogens is 458 g/mol. The summed E-state index contributed by atoms with van der Waals surface area (Å²) in [5.41, 5.74) is 1.96. The van der Waals surface area contributed by atoms with E-state index in [1.54, 1.807) is 37.2 Å². The highest BCUT2D eigenvalue weighted by Crippen LogP contribution is 2.41. The Balaban J connectivity index is 1.44. The minimum atomic E-state index is -2.37. The molecule has 1 amide bonds. The number of amides is 1. The third kappa shape index (κ3) is 4.78. The Bertz CT molecular complexity index is 1230. The van der Waals surface area contributed by atoms with Crippen molar-refractivity contribution in [3.05, 3.63) is 47.9 Å². The summed E-state index contributed by atoms with van der Waals surface area (Å²) in [4.78, 5) is 21.3. The highest BCUT2D eigenvalue weighted by molar-refractivity contribution is 6.09. The first-order valence-corrected chi connectivity index (χ1v) is 11.6. The van der Waals surface area contributed by atoms with Crippen molar-refractivity contribution < 1.29 is 23.4 Å². The van der Waals surface area contributed by atoms with Crippen LogP contribution in [0.5, 0.6) is 5.75 Å². The molecule has 4 heterocycles. The molecule has 2 aliphatic rings. The van der Waals surface area contributed by atoms with E-state index in [-0.39, 0.29) is 12.5 Å². The second-order valence-electron chi connectivity index (χ2n) is 9.52. The first-order chi connectivity index (χ1) is 16.7. The van der Waals surface area contributed by atoms with Gasteiger partial charge in [0.2, 0.25) is 0 Å². The van der Waals surface area contributed by atoms with Gasteiger partial charge in [0.05, 0.1) is 29.7 Å². The number of nitrogens with one attached hydrogen (secondary N) is 1. The third-order valence-electron chi connectivity index (χ3n) is 6.52. The summed E-state index contributed by atoms with van der Waals surface area (Å²) in [6.45, 7) is 5.18. The van der Waals surface area contributed by atoms with Gasteiger partial charge in [0.15, 0.2) is 5.65 Å². The second kappa shape index (κ2) is 9.04. The van der Waals surface area contributed by atoms with Gasteiger partial charge in [-0.3, -0.25) is 9.69 Å². The number of piperazine rings is 1. The Morgan fingerprint density at radius 1 is 1.29 bits per heavy atom. The van der Waals surface area contributed by atoms with Crippen molar-refractivity contribution in [3.63, 3.8) is 0 Å². The molecule has 0 bridgehead atoms. The zero-order chi connectivity index (χ0) is 24.7. The van der Waals surface area contributed by atoms with E-state index in [1.807, 2.05) is 12.1 Å². The summed E-state index contributed by atoms with van der Waals surface area (Å²) in [7, 11) is 0. The van der Waals surface area contributed by atoms with Crippen molar-refractivity contribution in [1.82, 2.24) is 19.5 Å². The SMILES string of the molecule is CC(C)(O)C1Cc2cc(NC(=O)c3cnn4cccnc34)c(N3CCN(CC(F)F)CC3)cc2O1. The Hall–Kier alpha value is -3.31. The topological polar surface area (TPSA) is 95.2 Å². The van der Waals surface area contributed by atoms with Gasteiger partial charge in [-0.15, -0.1) is 0 Å². The number of halogens is 2. The number of carbonyl (C=O) groups is 1. The van der Waals surface area contributed by atoms with Crippen molar-refractivity contribution in [2.75, 3.05) is 42.9 Å². The minimum Gasteiger partial charge on any atom is -0.487 e. The van der Waals surface area contributed by atoms with Crippen LogP contribution in [-0.2, 0) is 6.42 Å². The number of carbonyl (C=O) groups excluding carboxylic acids is 1. The summed E-state index contributed by atoms with van der Waals surface area (Å²) >= 11 is 0. The van der Waals surface area contributed by atoms with Gasteiger partial charge in [0.25, 0.3) is 12.3 Å². The maximum Gasteiger partial charge on any atom is 0.261 e. The number of hydrogen-bond acceptors (Lipinski definition) is 7. The number of alkyl halides is 2. The third-order valence-corrected chi connectivity index (χ3v) is 6.52. The van der Waals surface area contributed by atoms with Crippen LogP contribution in [0.2, 0.25) is 0 Å². The van der Waals surface area contributed by atoms with Gasteiger partial charge >= 0.3 is 0 Å². The molecule has 2 N–H and O–H groups in total. The molecule has 0 saturated carbocycles. The molecule has 9 nitrogen and oxygen atoms in total. The molecule has 5 rings (SSSR count). The predicted molar refractivity (Wildman–Crippen MR) is 126 cm³/mol. The number of fused-ring (bicyclic) bond motifs is 2. The number of nitrogens with zero attached hydrogens (tertiary/aromatic N) is 5. The molecule has 11 heteroatoms. The summed E-state index contributed by atoms with van der Waals surface area (Å²) in [6.07, 6.45) is 2.50. The van der Waals surface area contributed by atoms with Crippen LogP contribution in [-0.4, -0.2) is 81.4 Å². The van der Waals surface area contributed by atoms with Crippen molar-refractivity contribution >= 4 is 22.9 Å². The highest BCUT2D eigenvalue weighted by Gasteiger charge is 2.36. The first kappa shape index (κ1) is 23.4. The largest absolute Gasteiger partial charge is 0.487 e. The number of anilines is 2. The molecular formula is C24H28F2N6O3. The van der Waals surface area contributed by atoms with Gasteiger partial charge in [-0.05, 0) is 26.0 Å². The van der Waals surface area contributed by atoms with Gasteiger partial charge < -0.3 is 20.1 Å². The summed E-state index contributed by atoms with van der Waals surface area (Å²) in [6, 6.07) is 5.47. The van der Waals surface area contributed by atoms with Crippen molar-refractivity contribution in [2.24, 2.45) is 0 Å². The van der Waals surface area contributed by atoms with Crippen LogP contribution in [0.25, 0.3) is 5.65 Å². The summed E-state index contributed by atoms with van der Waals surface area (Å²) in [5.74, 6) is 0.298. The van der Waals surface area contributed by atoms with Crippen LogP contribution in [0, 0.1) is 0 Å². The van der Waals surface area contributed by atoms with Crippen molar-refractivity contribution in [2.45, 2.75) is 38.4 Å². The number of benzene rings is 1. The molecule has 1 saturated heterocycles. The fraction of sp³-hybridized carbons (Fsp3) is 0.458. The lowest BCUT2D eigenvalue weighted by Gasteiger charge is -2.37. The van der Waals surface area contributed by atoms with E-state index < -0.39 is 18.1 Å². The van der Waals surface area contributed by atoms with Gasteiger partial charge in [0.1, 0.15) is 17.4 Å². The quantitative estimate of drug-likeness (QED) is 0.553. The van der Waals surface area contributed by atoms with Crippen molar-refractivity contribution in [1.29, 1.82) is 0 Å². The van der Waals surface area contributed by atoms with E-state index in [0.29, 0.717) is 55.2 Å². The lowest BCUT2D eigenvalue weighted by Crippen LogP contribution is -2.48. The zero-order valence-electron chi connectivity index (χ0n) is 19.6. The van der Waals surface area contributed by atoms with Crippen molar-refractivity contribution in [3.8, 4) is 5.75 Å². The average Bonchev–Trinajstić information content (AvgIpc) is 3.43. The maximum atomic E-state index is 13.2. The molecule has 0 aliphatic carbocycles. The molecule has 0 radical (unpaired) electrons. The van der Waals surface area contributed by atoms with Gasteiger partial charge in [-0.25, -0.2) is 18.3 Å². The Labute approximate surface area is 201 Å². The van der Waals surface area contributed by atoms with Gasteiger partial charge in [-0.1, -0.05) is 0 Å². The standard InChI is InChI=1S/C24H28F2N6O3/c1-24(2,34)20-11-15-10-17(29-23(33)16-13-28-32-5-3-4-27-22(16)32)18(12-19(15)35-20)31-8-6-30(7-9-31)14-21(25)26/h3-5,10,12-13,20-21,34H,6-9,11,14H2,1-2H3,(H,29,33). The first-order valence-electron chi connectivity index (χ1n) is 11.6. The summed E-state index contributed by atoms with van der Waals surface area (Å²) in [5, 5.41) is 17.7. The molecule has 0 spiro atoms. The van der Waals surface area contributed by atoms with Crippen LogP contribution >= 0.6 is 0 Å². The number of aliphatic hydroxyl groups is 1. The molecule has 1 atom stereocenters. The van der Waals surface area contributed by atoms with Crippen LogP contribution < -0.4 is 15.0 Å². The van der Waals surface area contributed by atoms with E-state index in [9.17, 15) is 18.7 Å². The normalized spacial score (nSPS) is 18.7. The molecule has 1 unspecified atom stereocenters. The second-order valence-corrected chi connectivity index (χ2v) is 9.52. The molecule has 2 aromatic heterocycles. The van der Waals surface area contributed by atoms with Crippen LogP contribution in [0.3, 0.4) is 0 Å². The molecule has 1 aromatic carbocycles. The van der Waals surface area contributed by atoms with E-state index in [1.165, 1.54) is 10.7 Å². The minimum absolute atomic E-state index is 0.250. The van der Waals surface area contributed by atoms with E-state index in [4.69, 9.17) is 4.74 Å². The lowest BCUT2D eigenvalue weighted by atomic mass is 9.97. The van der Waals surface area contributed by atoms with Crippen LogP contribution in [0.1, 0.15) is 29.8 Å². The summed E-state index contributed by atoms with van der Waals surface area (Å²) < 4.78 is 33.2. The average molecular weight is 487 g/mol.